The summed E-state index contributed by atoms with van der Waals surface area (Å²) in [5.74, 6) is 1.33. The van der Waals surface area contributed by atoms with Gasteiger partial charge in [-0.3, -0.25) is 4.99 Å². The lowest BCUT2D eigenvalue weighted by Crippen LogP contribution is -2.46. The fourth-order valence-electron chi connectivity index (χ4n) is 3.44. The van der Waals surface area contributed by atoms with Crippen LogP contribution in [0.4, 0.5) is 5.69 Å². The minimum atomic E-state index is 0. The molecule has 2 heterocycles. The first-order valence-electron chi connectivity index (χ1n) is 7.72. The standard InChI is InChI=1S/C19H19N3.ClH/c1-2-11-20-19-21-13-18-16-9-5-3-7-14(16)12-15-8-4-6-10-17(15)22(18)19;/h2-10,12,16,18H,1,11,13H2,(H,20,21);1H. The second-order valence-corrected chi connectivity index (χ2v) is 5.74. The van der Waals surface area contributed by atoms with Gasteiger partial charge in [-0.1, -0.05) is 48.6 Å². The van der Waals surface area contributed by atoms with Crippen molar-refractivity contribution in [2.24, 2.45) is 10.9 Å². The van der Waals surface area contributed by atoms with Crippen LogP contribution in [0.5, 0.6) is 0 Å². The van der Waals surface area contributed by atoms with Crippen molar-refractivity contribution in [1.82, 2.24) is 5.32 Å². The third-order valence-electron chi connectivity index (χ3n) is 4.43. The molecular formula is C19H20ClN3. The van der Waals surface area contributed by atoms with Crippen LogP contribution in [0.15, 0.2) is 71.8 Å². The van der Waals surface area contributed by atoms with Crippen LogP contribution in [0, 0.1) is 5.92 Å². The predicted molar refractivity (Wildman–Crippen MR) is 100 cm³/mol. The molecule has 0 bridgehead atoms. The van der Waals surface area contributed by atoms with E-state index in [0.29, 0.717) is 12.0 Å². The molecule has 2 aliphatic heterocycles. The van der Waals surface area contributed by atoms with Gasteiger partial charge in [0.05, 0.1) is 18.3 Å². The van der Waals surface area contributed by atoms with E-state index >= 15 is 0 Å². The summed E-state index contributed by atoms with van der Waals surface area (Å²) in [7, 11) is 0. The fraction of sp³-hybridized carbons (Fsp3) is 0.211. The van der Waals surface area contributed by atoms with E-state index in [0.717, 1.165) is 19.0 Å². The Labute approximate surface area is 143 Å². The van der Waals surface area contributed by atoms with E-state index in [1.165, 1.54) is 16.8 Å². The van der Waals surface area contributed by atoms with Crippen LogP contribution in [-0.2, 0) is 0 Å². The van der Waals surface area contributed by atoms with Gasteiger partial charge in [0, 0.05) is 12.5 Å². The number of allylic oxidation sites excluding steroid dienone is 3. The topological polar surface area (TPSA) is 27.6 Å². The monoisotopic (exact) mass is 325 g/mol. The number of para-hydroxylation sites is 1. The molecule has 1 aromatic rings. The molecule has 0 radical (unpaired) electrons. The van der Waals surface area contributed by atoms with Crippen molar-refractivity contribution in [3.63, 3.8) is 0 Å². The lowest BCUT2D eigenvalue weighted by atomic mass is 9.87. The highest BCUT2D eigenvalue weighted by Gasteiger charge is 2.38. The highest BCUT2D eigenvalue weighted by atomic mass is 35.5. The Hall–Kier alpha value is -2.26. The molecule has 4 rings (SSSR count). The molecule has 0 saturated carbocycles. The van der Waals surface area contributed by atoms with Crippen molar-refractivity contribution in [1.29, 1.82) is 0 Å². The van der Waals surface area contributed by atoms with Crippen molar-refractivity contribution in [3.8, 4) is 0 Å². The Kier molecular flexibility index (Phi) is 4.39. The van der Waals surface area contributed by atoms with E-state index in [2.05, 4.69) is 71.4 Å². The molecule has 0 spiro atoms. The van der Waals surface area contributed by atoms with Crippen LogP contribution in [0.2, 0.25) is 0 Å². The lowest BCUT2D eigenvalue weighted by Gasteiger charge is -2.32. The van der Waals surface area contributed by atoms with Crippen LogP contribution < -0.4 is 10.2 Å². The van der Waals surface area contributed by atoms with Gasteiger partial charge in [-0.15, -0.1) is 19.0 Å². The molecule has 23 heavy (non-hydrogen) atoms. The number of nitrogens with zero attached hydrogens (tertiary/aromatic N) is 2. The van der Waals surface area contributed by atoms with Crippen LogP contribution in [0.1, 0.15) is 5.56 Å². The molecule has 1 aromatic carbocycles. The molecule has 118 valence electrons. The summed E-state index contributed by atoms with van der Waals surface area (Å²) in [6, 6.07) is 8.89. The second-order valence-electron chi connectivity index (χ2n) is 5.74. The van der Waals surface area contributed by atoms with Crippen molar-refractivity contribution in [3.05, 3.63) is 72.4 Å². The largest absolute Gasteiger partial charge is 0.352 e. The first-order valence-corrected chi connectivity index (χ1v) is 7.72. The summed E-state index contributed by atoms with van der Waals surface area (Å²) in [5, 5.41) is 3.39. The Morgan fingerprint density at radius 3 is 3.04 bits per heavy atom. The molecule has 4 heteroatoms. The van der Waals surface area contributed by atoms with E-state index in [9.17, 15) is 0 Å². The van der Waals surface area contributed by atoms with Gasteiger partial charge in [0.25, 0.3) is 0 Å². The van der Waals surface area contributed by atoms with Gasteiger partial charge in [-0.25, -0.2) is 0 Å². The third kappa shape index (κ3) is 2.62. The van der Waals surface area contributed by atoms with Crippen LogP contribution in [0.3, 0.4) is 0 Å². The average molecular weight is 326 g/mol. The zero-order valence-corrected chi connectivity index (χ0v) is 13.7. The molecule has 2 unspecified atom stereocenters. The summed E-state index contributed by atoms with van der Waals surface area (Å²) >= 11 is 0. The SMILES string of the molecule is C=CCNC1=NCC2C3C=CC=CC3=Cc3ccccc3N12.Cl. The van der Waals surface area contributed by atoms with Crippen molar-refractivity contribution >= 4 is 30.1 Å². The molecule has 0 aromatic heterocycles. The number of fused-ring (bicyclic) bond motifs is 5. The summed E-state index contributed by atoms with van der Waals surface area (Å²) in [4.78, 5) is 7.11. The number of aliphatic imine (C=N–C) groups is 1. The molecule has 0 saturated heterocycles. The van der Waals surface area contributed by atoms with Gasteiger partial charge >= 0.3 is 0 Å². The Morgan fingerprint density at radius 1 is 1.30 bits per heavy atom. The van der Waals surface area contributed by atoms with Gasteiger partial charge in [0.15, 0.2) is 5.96 Å². The van der Waals surface area contributed by atoms with Crippen molar-refractivity contribution in [2.75, 3.05) is 18.0 Å². The number of hydrogen-bond acceptors (Lipinski definition) is 3. The van der Waals surface area contributed by atoms with E-state index in [1.54, 1.807) is 0 Å². The van der Waals surface area contributed by atoms with Crippen LogP contribution >= 0.6 is 12.4 Å². The maximum absolute atomic E-state index is 4.75. The van der Waals surface area contributed by atoms with Gasteiger partial charge < -0.3 is 10.2 Å². The summed E-state index contributed by atoms with van der Waals surface area (Å²) in [6.07, 6.45) is 13.0. The number of nitrogens with one attached hydrogen (secondary N) is 1. The Morgan fingerprint density at radius 2 is 2.17 bits per heavy atom. The van der Waals surface area contributed by atoms with Gasteiger partial charge in [-0.05, 0) is 23.3 Å². The minimum Gasteiger partial charge on any atom is -0.352 e. The maximum atomic E-state index is 4.75. The summed E-state index contributed by atoms with van der Waals surface area (Å²) in [5.41, 5.74) is 3.84. The van der Waals surface area contributed by atoms with E-state index in [-0.39, 0.29) is 12.4 Å². The smallest absolute Gasteiger partial charge is 0.199 e. The Bertz CT molecular complexity index is 730. The second kappa shape index (κ2) is 6.47. The predicted octanol–water partition coefficient (Wildman–Crippen LogP) is 3.57. The number of halogens is 1. The Balaban J connectivity index is 0.00000156. The molecule has 1 aliphatic carbocycles. The molecule has 3 aliphatic rings. The molecule has 2 atom stereocenters. The first kappa shape index (κ1) is 15.6. The van der Waals surface area contributed by atoms with Crippen LogP contribution in [0.25, 0.3) is 6.08 Å². The van der Waals surface area contributed by atoms with Crippen molar-refractivity contribution < 1.29 is 0 Å². The molecule has 0 fully saturated rings. The van der Waals surface area contributed by atoms with Gasteiger partial charge in [-0.2, -0.15) is 0 Å². The molecule has 3 nitrogen and oxygen atoms in total. The quantitative estimate of drug-likeness (QED) is 0.842. The average Bonchev–Trinajstić information content (AvgIpc) is 2.91. The summed E-state index contributed by atoms with van der Waals surface area (Å²) in [6.45, 7) is 5.33. The van der Waals surface area contributed by atoms with Crippen LogP contribution in [-0.4, -0.2) is 25.1 Å². The zero-order chi connectivity index (χ0) is 14.9. The number of hydrogen-bond donors (Lipinski definition) is 1. The number of benzene rings is 1. The zero-order valence-electron chi connectivity index (χ0n) is 12.9. The molecule has 0 amide bonds. The highest BCUT2D eigenvalue weighted by Crippen LogP contribution is 2.38. The summed E-state index contributed by atoms with van der Waals surface area (Å²) < 4.78 is 0. The fourth-order valence-corrected chi connectivity index (χ4v) is 3.44. The maximum Gasteiger partial charge on any atom is 0.199 e. The first-order chi connectivity index (χ1) is 10.9. The number of rotatable bonds is 2. The third-order valence-corrected chi connectivity index (χ3v) is 4.43. The lowest BCUT2D eigenvalue weighted by molar-refractivity contribution is 0.598. The van der Waals surface area contributed by atoms with Gasteiger partial charge in [0.1, 0.15) is 0 Å². The molecular weight excluding hydrogens is 306 g/mol. The number of anilines is 1. The molecule has 1 N–H and O–H groups in total. The van der Waals surface area contributed by atoms with E-state index < -0.39 is 0 Å². The minimum absolute atomic E-state index is 0. The van der Waals surface area contributed by atoms with E-state index in [1.807, 2.05) is 6.08 Å². The van der Waals surface area contributed by atoms with E-state index in [4.69, 9.17) is 4.99 Å². The highest BCUT2D eigenvalue weighted by molar-refractivity contribution is 6.01. The van der Waals surface area contributed by atoms with Crippen molar-refractivity contribution in [2.45, 2.75) is 6.04 Å². The number of guanidine groups is 1. The van der Waals surface area contributed by atoms with Gasteiger partial charge in [0.2, 0.25) is 0 Å². The normalized spacial score (nSPS) is 23.6.